The summed E-state index contributed by atoms with van der Waals surface area (Å²) in [4.78, 5) is 28.9. The van der Waals surface area contributed by atoms with Gasteiger partial charge < -0.3 is 9.80 Å². The minimum atomic E-state index is 0.0446. The number of aromatic amines is 1. The third-order valence-electron chi connectivity index (χ3n) is 4.02. The highest BCUT2D eigenvalue weighted by Crippen LogP contribution is 2.22. The quantitative estimate of drug-likeness (QED) is 0.750. The number of aromatic nitrogens is 5. The molecule has 116 valence electrons. The van der Waals surface area contributed by atoms with Crippen LogP contribution in [0.15, 0.2) is 37.1 Å². The highest BCUT2D eigenvalue weighted by atomic mass is 16.2. The van der Waals surface area contributed by atoms with E-state index in [0.29, 0.717) is 18.7 Å². The highest BCUT2D eigenvalue weighted by molar-refractivity contribution is 5.94. The summed E-state index contributed by atoms with van der Waals surface area (Å²) in [5.41, 5.74) is 1.40. The van der Waals surface area contributed by atoms with Gasteiger partial charge in [0.05, 0.1) is 11.6 Å². The normalized spacial score (nSPS) is 15.1. The number of pyridine rings is 1. The van der Waals surface area contributed by atoms with E-state index in [4.69, 9.17) is 0 Å². The molecule has 1 amide bonds. The fraction of sp³-hybridized carbons (Fsp3) is 0.267. The Hall–Kier alpha value is -3.03. The van der Waals surface area contributed by atoms with Gasteiger partial charge in [0.2, 0.25) is 0 Å². The van der Waals surface area contributed by atoms with Crippen LogP contribution in [0.3, 0.4) is 0 Å². The molecule has 23 heavy (non-hydrogen) atoms. The predicted molar refractivity (Wildman–Crippen MR) is 84.0 cm³/mol. The zero-order valence-electron chi connectivity index (χ0n) is 12.4. The molecular formula is C15H15N7O. The van der Waals surface area contributed by atoms with Crippen LogP contribution in [0.25, 0.3) is 11.0 Å². The maximum atomic E-state index is 12.5. The van der Waals surface area contributed by atoms with E-state index in [1.54, 1.807) is 30.7 Å². The molecule has 1 N–H and O–H groups in total. The van der Waals surface area contributed by atoms with Crippen molar-refractivity contribution < 1.29 is 4.79 Å². The zero-order chi connectivity index (χ0) is 15.6. The first-order chi connectivity index (χ1) is 11.3. The number of piperazine rings is 1. The van der Waals surface area contributed by atoms with E-state index in [1.807, 2.05) is 4.90 Å². The summed E-state index contributed by atoms with van der Waals surface area (Å²) in [7, 11) is 0. The molecule has 4 heterocycles. The average Bonchev–Trinajstić information content (AvgIpc) is 3.11. The van der Waals surface area contributed by atoms with Crippen molar-refractivity contribution in [3.63, 3.8) is 0 Å². The van der Waals surface area contributed by atoms with Crippen LogP contribution in [0.4, 0.5) is 5.82 Å². The van der Waals surface area contributed by atoms with Gasteiger partial charge in [0, 0.05) is 44.1 Å². The van der Waals surface area contributed by atoms with Gasteiger partial charge in [-0.2, -0.15) is 5.10 Å². The Labute approximate surface area is 132 Å². The highest BCUT2D eigenvalue weighted by Gasteiger charge is 2.24. The van der Waals surface area contributed by atoms with Gasteiger partial charge in [0.1, 0.15) is 12.1 Å². The Balaban J connectivity index is 1.49. The molecule has 0 aromatic carbocycles. The van der Waals surface area contributed by atoms with Crippen LogP contribution >= 0.6 is 0 Å². The molecule has 0 spiro atoms. The van der Waals surface area contributed by atoms with Gasteiger partial charge >= 0.3 is 0 Å². The van der Waals surface area contributed by atoms with Crippen LogP contribution in [-0.4, -0.2) is 62.1 Å². The molecule has 1 aliphatic heterocycles. The smallest absolute Gasteiger partial charge is 0.254 e. The van der Waals surface area contributed by atoms with Crippen LogP contribution in [0.1, 0.15) is 10.4 Å². The second-order valence-electron chi connectivity index (χ2n) is 5.34. The van der Waals surface area contributed by atoms with Gasteiger partial charge in [-0.05, 0) is 12.1 Å². The second-order valence-corrected chi connectivity index (χ2v) is 5.34. The Morgan fingerprint density at radius 1 is 1.09 bits per heavy atom. The Morgan fingerprint density at radius 2 is 1.87 bits per heavy atom. The van der Waals surface area contributed by atoms with E-state index < -0.39 is 0 Å². The van der Waals surface area contributed by atoms with E-state index in [9.17, 15) is 4.79 Å². The first kappa shape index (κ1) is 13.6. The summed E-state index contributed by atoms with van der Waals surface area (Å²) in [6.07, 6.45) is 6.55. The maximum absolute atomic E-state index is 12.5. The van der Waals surface area contributed by atoms with E-state index >= 15 is 0 Å². The standard InChI is InChI=1S/C15H15N7O/c23-15(11-1-3-16-4-2-11)22-7-5-21(6-8-22)14-12-9-19-20-13(12)17-10-18-14/h1-4,9-10H,5-8H2,(H,17,18,19,20). The molecule has 0 saturated carbocycles. The fourth-order valence-electron chi connectivity index (χ4n) is 2.80. The lowest BCUT2D eigenvalue weighted by atomic mass is 10.2. The van der Waals surface area contributed by atoms with Gasteiger partial charge in [0.15, 0.2) is 5.65 Å². The zero-order valence-corrected chi connectivity index (χ0v) is 12.4. The number of nitrogens with one attached hydrogen (secondary N) is 1. The summed E-state index contributed by atoms with van der Waals surface area (Å²) in [5.74, 6) is 0.906. The Bertz CT molecular complexity index is 824. The third kappa shape index (κ3) is 2.48. The number of anilines is 1. The molecule has 1 fully saturated rings. The molecule has 1 aliphatic rings. The molecular weight excluding hydrogens is 294 g/mol. The van der Waals surface area contributed by atoms with Crippen LogP contribution in [0.2, 0.25) is 0 Å². The number of rotatable bonds is 2. The van der Waals surface area contributed by atoms with Crippen molar-refractivity contribution in [1.82, 2.24) is 30.0 Å². The number of carbonyl (C=O) groups excluding carboxylic acids is 1. The minimum Gasteiger partial charge on any atom is -0.352 e. The lowest BCUT2D eigenvalue weighted by Crippen LogP contribution is -2.49. The molecule has 8 heteroatoms. The fourth-order valence-corrected chi connectivity index (χ4v) is 2.80. The molecule has 0 atom stereocenters. The Kier molecular flexibility index (Phi) is 3.34. The van der Waals surface area contributed by atoms with Crippen molar-refractivity contribution in [2.24, 2.45) is 0 Å². The molecule has 0 bridgehead atoms. The summed E-state index contributed by atoms with van der Waals surface area (Å²) in [5, 5.41) is 7.77. The van der Waals surface area contributed by atoms with Gasteiger partial charge in [-0.1, -0.05) is 0 Å². The average molecular weight is 309 g/mol. The summed E-state index contributed by atoms with van der Waals surface area (Å²) < 4.78 is 0. The van der Waals surface area contributed by atoms with Crippen molar-refractivity contribution in [2.75, 3.05) is 31.1 Å². The van der Waals surface area contributed by atoms with Crippen LogP contribution in [-0.2, 0) is 0 Å². The monoisotopic (exact) mass is 309 g/mol. The third-order valence-corrected chi connectivity index (χ3v) is 4.02. The van der Waals surface area contributed by atoms with Crippen LogP contribution in [0, 0.1) is 0 Å². The summed E-state index contributed by atoms with van der Waals surface area (Å²) >= 11 is 0. The SMILES string of the molecule is O=C(c1ccncc1)N1CCN(c2ncnc3[nH]ncc23)CC1. The lowest BCUT2D eigenvalue weighted by molar-refractivity contribution is 0.0746. The molecule has 3 aromatic heterocycles. The number of nitrogens with zero attached hydrogens (tertiary/aromatic N) is 6. The van der Waals surface area contributed by atoms with Gasteiger partial charge in [0.25, 0.3) is 5.91 Å². The maximum Gasteiger partial charge on any atom is 0.254 e. The topological polar surface area (TPSA) is 90.9 Å². The molecule has 0 radical (unpaired) electrons. The lowest BCUT2D eigenvalue weighted by Gasteiger charge is -2.35. The predicted octanol–water partition coefficient (Wildman–Crippen LogP) is 0.710. The second kappa shape index (κ2) is 5.64. The first-order valence-corrected chi connectivity index (χ1v) is 7.41. The number of H-pyrrole nitrogens is 1. The van der Waals surface area contributed by atoms with Crippen molar-refractivity contribution in [3.8, 4) is 0 Å². The molecule has 3 aromatic rings. The Morgan fingerprint density at radius 3 is 2.65 bits per heavy atom. The number of hydrogen-bond acceptors (Lipinski definition) is 6. The molecule has 4 rings (SSSR count). The van der Waals surface area contributed by atoms with Gasteiger partial charge in [-0.3, -0.25) is 14.9 Å². The van der Waals surface area contributed by atoms with Gasteiger partial charge in [-0.15, -0.1) is 0 Å². The van der Waals surface area contributed by atoms with Crippen molar-refractivity contribution in [1.29, 1.82) is 0 Å². The van der Waals surface area contributed by atoms with E-state index in [-0.39, 0.29) is 5.91 Å². The number of carbonyl (C=O) groups is 1. The molecule has 0 unspecified atom stereocenters. The van der Waals surface area contributed by atoms with Crippen molar-refractivity contribution >= 4 is 22.8 Å². The molecule has 1 saturated heterocycles. The number of fused-ring (bicyclic) bond motifs is 1. The largest absolute Gasteiger partial charge is 0.352 e. The molecule has 0 aliphatic carbocycles. The number of hydrogen-bond donors (Lipinski definition) is 1. The summed E-state index contributed by atoms with van der Waals surface area (Å²) in [6, 6.07) is 3.49. The summed E-state index contributed by atoms with van der Waals surface area (Å²) in [6.45, 7) is 2.78. The van der Waals surface area contributed by atoms with Crippen LogP contribution in [0.5, 0.6) is 0 Å². The minimum absolute atomic E-state index is 0.0446. The first-order valence-electron chi connectivity index (χ1n) is 7.41. The van der Waals surface area contributed by atoms with E-state index in [1.165, 1.54) is 6.33 Å². The van der Waals surface area contributed by atoms with Crippen molar-refractivity contribution in [2.45, 2.75) is 0 Å². The van der Waals surface area contributed by atoms with Crippen LogP contribution < -0.4 is 4.90 Å². The number of amides is 1. The van der Waals surface area contributed by atoms with E-state index in [2.05, 4.69) is 30.0 Å². The molecule has 8 nitrogen and oxygen atoms in total. The van der Waals surface area contributed by atoms with Crippen molar-refractivity contribution in [3.05, 3.63) is 42.6 Å². The van der Waals surface area contributed by atoms with E-state index in [0.717, 1.165) is 29.9 Å². The van der Waals surface area contributed by atoms with Gasteiger partial charge in [-0.25, -0.2) is 9.97 Å².